The summed E-state index contributed by atoms with van der Waals surface area (Å²) in [5.74, 6) is -0.0845. The molecule has 0 aliphatic carbocycles. The van der Waals surface area contributed by atoms with Crippen LogP contribution in [0.2, 0.25) is 5.02 Å². The first-order chi connectivity index (χ1) is 16.9. The van der Waals surface area contributed by atoms with Crippen molar-refractivity contribution in [3.63, 3.8) is 0 Å². The number of rotatable bonds is 7. The van der Waals surface area contributed by atoms with E-state index in [4.69, 9.17) is 21.1 Å². The first kappa shape index (κ1) is 24.5. The normalized spacial score (nSPS) is 17.2. The number of hydrogen-bond acceptors (Lipinski definition) is 4. The van der Waals surface area contributed by atoms with Crippen LogP contribution in [0.3, 0.4) is 0 Å². The monoisotopic (exact) mass is 496 g/mol. The Morgan fingerprint density at radius 3 is 2.26 bits per heavy atom. The summed E-state index contributed by atoms with van der Waals surface area (Å²) in [4.78, 5) is 27.3. The Kier molecular flexibility index (Phi) is 7.56. The van der Waals surface area contributed by atoms with Gasteiger partial charge in [-0.2, -0.15) is 0 Å². The van der Waals surface area contributed by atoms with Crippen molar-refractivity contribution in [1.82, 2.24) is 4.90 Å². The number of likely N-dealkylation sites (tertiary alicyclic amines) is 1. The summed E-state index contributed by atoms with van der Waals surface area (Å²) in [6.45, 7) is 2.64. The van der Waals surface area contributed by atoms with Gasteiger partial charge in [-0.1, -0.05) is 35.9 Å². The Morgan fingerprint density at radius 2 is 1.63 bits per heavy atom. The van der Waals surface area contributed by atoms with E-state index in [1.54, 1.807) is 60.4 Å². The van der Waals surface area contributed by atoms with Crippen LogP contribution in [0.25, 0.3) is 11.1 Å². The predicted molar refractivity (Wildman–Crippen MR) is 133 cm³/mol. The smallest absolute Gasteiger partial charge is 0.321 e. The van der Waals surface area contributed by atoms with Crippen molar-refractivity contribution in [2.45, 2.75) is 13.3 Å². The lowest BCUT2D eigenvalue weighted by atomic mass is 9.88. The number of halogens is 2. The number of amides is 2. The maximum Gasteiger partial charge on any atom is 0.321 e. The van der Waals surface area contributed by atoms with Crippen LogP contribution in [-0.2, 0) is 9.53 Å². The van der Waals surface area contributed by atoms with Crippen LogP contribution in [0.1, 0.15) is 13.3 Å². The molecular weight excluding hydrogens is 471 g/mol. The number of carbonyl (C=O) groups is 2. The molecule has 0 radical (unpaired) electrons. The topological polar surface area (TPSA) is 67.9 Å². The van der Waals surface area contributed by atoms with Crippen molar-refractivity contribution in [2.75, 3.05) is 31.6 Å². The number of hydrogen-bond donors (Lipinski definition) is 1. The molecule has 182 valence electrons. The average molecular weight is 497 g/mol. The van der Waals surface area contributed by atoms with Gasteiger partial charge in [-0.15, -0.1) is 0 Å². The van der Waals surface area contributed by atoms with Gasteiger partial charge in [-0.25, -0.2) is 9.18 Å². The lowest BCUT2D eigenvalue weighted by Gasteiger charge is -2.27. The first-order valence-corrected chi connectivity index (χ1v) is 11.7. The fourth-order valence-electron chi connectivity index (χ4n) is 4.02. The molecule has 0 aromatic heterocycles. The molecular formula is C27H26ClFN2O4. The van der Waals surface area contributed by atoms with E-state index in [0.717, 1.165) is 11.1 Å². The summed E-state index contributed by atoms with van der Waals surface area (Å²) in [7, 11) is 0. The van der Waals surface area contributed by atoms with E-state index in [0.29, 0.717) is 29.4 Å². The highest BCUT2D eigenvalue weighted by atomic mass is 35.5. The summed E-state index contributed by atoms with van der Waals surface area (Å²) in [6.07, 6.45) is 0.424. The number of benzene rings is 3. The molecule has 1 N–H and O–H groups in total. The van der Waals surface area contributed by atoms with Crippen LogP contribution in [0.15, 0.2) is 72.8 Å². The van der Waals surface area contributed by atoms with Crippen molar-refractivity contribution >= 4 is 29.3 Å². The standard InChI is InChI=1S/C27H26ClFN2O4/c1-2-34-25(32)27(15-16-31(17-27)26(33)30-23-11-7-21(28)8-12-23)18-35-24-13-5-20(6-14-24)19-3-9-22(29)10-4-19/h3-14H,2,15-18H2,1H3,(H,30,33). The second-order valence-corrected chi connectivity index (χ2v) is 8.87. The molecule has 0 saturated carbocycles. The second kappa shape index (κ2) is 10.8. The fraction of sp³-hybridized carbons (Fsp3) is 0.259. The minimum Gasteiger partial charge on any atom is -0.492 e. The van der Waals surface area contributed by atoms with Gasteiger partial charge in [0.05, 0.1) is 6.61 Å². The lowest BCUT2D eigenvalue weighted by Crippen LogP contribution is -2.43. The van der Waals surface area contributed by atoms with Gasteiger partial charge in [-0.3, -0.25) is 4.79 Å². The highest BCUT2D eigenvalue weighted by Gasteiger charge is 2.48. The number of carbonyl (C=O) groups excluding carboxylic acids is 2. The Balaban J connectivity index is 1.42. The van der Waals surface area contributed by atoms with Crippen LogP contribution in [-0.4, -0.2) is 43.2 Å². The summed E-state index contributed by atoms with van der Waals surface area (Å²) in [6, 6.07) is 20.1. The molecule has 4 rings (SSSR count). The summed E-state index contributed by atoms with van der Waals surface area (Å²) in [5.41, 5.74) is 1.45. The zero-order valence-electron chi connectivity index (χ0n) is 19.3. The molecule has 1 fully saturated rings. The van der Waals surface area contributed by atoms with Crippen molar-refractivity contribution in [3.05, 3.63) is 83.6 Å². The van der Waals surface area contributed by atoms with Gasteiger partial charge < -0.3 is 19.7 Å². The number of esters is 1. The molecule has 8 heteroatoms. The molecule has 1 aliphatic rings. The number of ether oxygens (including phenoxy) is 2. The summed E-state index contributed by atoms with van der Waals surface area (Å²) < 4.78 is 24.5. The lowest BCUT2D eigenvalue weighted by molar-refractivity contribution is -0.156. The van der Waals surface area contributed by atoms with Crippen LogP contribution in [0.5, 0.6) is 5.75 Å². The maximum absolute atomic E-state index is 13.2. The Hall–Kier alpha value is -3.58. The molecule has 1 unspecified atom stereocenters. The minimum absolute atomic E-state index is 0.0758. The number of nitrogens with zero attached hydrogens (tertiary/aromatic N) is 1. The Bertz CT molecular complexity index is 1170. The molecule has 2 amide bonds. The molecule has 1 aliphatic heterocycles. The number of nitrogens with one attached hydrogen (secondary N) is 1. The van der Waals surface area contributed by atoms with E-state index in [1.807, 2.05) is 12.1 Å². The molecule has 1 atom stereocenters. The zero-order chi connectivity index (χ0) is 24.8. The molecule has 3 aromatic rings. The van der Waals surface area contributed by atoms with Gasteiger partial charge in [0.25, 0.3) is 0 Å². The Morgan fingerprint density at radius 1 is 1.00 bits per heavy atom. The number of anilines is 1. The quantitative estimate of drug-likeness (QED) is 0.407. The molecule has 1 heterocycles. The fourth-order valence-corrected chi connectivity index (χ4v) is 4.14. The van der Waals surface area contributed by atoms with E-state index in [-0.39, 0.29) is 37.6 Å². The largest absolute Gasteiger partial charge is 0.492 e. The predicted octanol–water partition coefficient (Wildman–Crippen LogP) is 6.01. The third-order valence-corrected chi connectivity index (χ3v) is 6.24. The minimum atomic E-state index is -0.969. The van der Waals surface area contributed by atoms with Crippen molar-refractivity contribution in [3.8, 4) is 16.9 Å². The van der Waals surface area contributed by atoms with Crippen LogP contribution in [0, 0.1) is 11.2 Å². The maximum atomic E-state index is 13.2. The molecule has 3 aromatic carbocycles. The van der Waals surface area contributed by atoms with Gasteiger partial charge in [0, 0.05) is 23.8 Å². The third kappa shape index (κ3) is 5.92. The van der Waals surface area contributed by atoms with Gasteiger partial charge in [0.2, 0.25) is 0 Å². The van der Waals surface area contributed by atoms with E-state index < -0.39 is 5.41 Å². The van der Waals surface area contributed by atoms with Gasteiger partial charge >= 0.3 is 12.0 Å². The molecule has 0 bridgehead atoms. The average Bonchev–Trinajstić information content (AvgIpc) is 3.31. The summed E-state index contributed by atoms with van der Waals surface area (Å²) >= 11 is 5.91. The van der Waals surface area contributed by atoms with E-state index in [1.165, 1.54) is 12.1 Å². The van der Waals surface area contributed by atoms with Gasteiger partial charge in [-0.05, 0) is 73.0 Å². The molecule has 1 saturated heterocycles. The first-order valence-electron chi connectivity index (χ1n) is 11.4. The van der Waals surface area contributed by atoms with Crippen molar-refractivity contribution in [2.24, 2.45) is 5.41 Å². The number of urea groups is 1. The molecule has 35 heavy (non-hydrogen) atoms. The van der Waals surface area contributed by atoms with Crippen LogP contribution >= 0.6 is 11.6 Å². The van der Waals surface area contributed by atoms with E-state index in [9.17, 15) is 14.0 Å². The Labute approximate surface area is 208 Å². The molecule has 0 spiro atoms. The van der Waals surface area contributed by atoms with Gasteiger partial charge in [0.1, 0.15) is 23.6 Å². The van der Waals surface area contributed by atoms with E-state index in [2.05, 4.69) is 5.32 Å². The highest BCUT2D eigenvalue weighted by Crippen LogP contribution is 2.34. The van der Waals surface area contributed by atoms with Crippen LogP contribution < -0.4 is 10.1 Å². The van der Waals surface area contributed by atoms with Crippen LogP contribution in [0.4, 0.5) is 14.9 Å². The molecule has 6 nitrogen and oxygen atoms in total. The van der Waals surface area contributed by atoms with Crippen molar-refractivity contribution < 1.29 is 23.5 Å². The van der Waals surface area contributed by atoms with Crippen molar-refractivity contribution in [1.29, 1.82) is 0 Å². The highest BCUT2D eigenvalue weighted by molar-refractivity contribution is 6.30. The summed E-state index contributed by atoms with van der Waals surface area (Å²) in [5, 5.41) is 3.41. The second-order valence-electron chi connectivity index (χ2n) is 8.43. The zero-order valence-corrected chi connectivity index (χ0v) is 20.1. The van der Waals surface area contributed by atoms with E-state index >= 15 is 0 Å². The third-order valence-electron chi connectivity index (χ3n) is 5.99. The SMILES string of the molecule is CCOC(=O)C1(COc2ccc(-c3ccc(F)cc3)cc2)CCN(C(=O)Nc2ccc(Cl)cc2)C1. The van der Waals surface area contributed by atoms with Gasteiger partial charge in [0.15, 0.2) is 0 Å².